The van der Waals surface area contributed by atoms with Crippen LogP contribution in [0.5, 0.6) is 0 Å². The minimum absolute atomic E-state index is 0.263. The molecule has 6 heteroatoms. The van der Waals surface area contributed by atoms with Gasteiger partial charge in [0.15, 0.2) is 0 Å². The molecule has 2 rings (SSSR count). The summed E-state index contributed by atoms with van der Waals surface area (Å²) in [5.41, 5.74) is -0.804. The van der Waals surface area contributed by atoms with Gasteiger partial charge in [0.05, 0.1) is 12.1 Å². The zero-order valence-electron chi connectivity index (χ0n) is 9.19. The van der Waals surface area contributed by atoms with Crippen molar-refractivity contribution in [2.45, 2.75) is 29.7 Å². The molecule has 1 aliphatic rings. The molecule has 1 saturated carbocycles. The zero-order valence-corrected chi connectivity index (χ0v) is 10.0. The van der Waals surface area contributed by atoms with E-state index in [1.165, 1.54) is 18.2 Å². The number of hydrogen-bond acceptors (Lipinski definition) is 3. The number of nitrogens with one attached hydrogen (secondary N) is 1. The van der Waals surface area contributed by atoms with Crippen molar-refractivity contribution in [1.29, 1.82) is 0 Å². The van der Waals surface area contributed by atoms with Crippen molar-refractivity contribution in [2.75, 3.05) is 6.61 Å². The first-order valence-corrected chi connectivity index (χ1v) is 6.87. The minimum atomic E-state index is -3.91. The topological polar surface area (TPSA) is 66.4 Å². The van der Waals surface area contributed by atoms with Crippen molar-refractivity contribution in [3.05, 3.63) is 30.1 Å². The lowest BCUT2D eigenvalue weighted by Crippen LogP contribution is -2.56. The predicted molar refractivity (Wildman–Crippen MR) is 60.4 cm³/mol. The van der Waals surface area contributed by atoms with E-state index in [0.29, 0.717) is 12.8 Å². The molecular formula is C11H14FNO3S. The van der Waals surface area contributed by atoms with Crippen LogP contribution in [-0.4, -0.2) is 25.7 Å². The molecule has 1 aromatic rings. The summed E-state index contributed by atoms with van der Waals surface area (Å²) in [6, 6.07) is 5.20. The van der Waals surface area contributed by atoms with E-state index in [1.54, 1.807) is 0 Å². The third kappa shape index (κ3) is 2.34. The van der Waals surface area contributed by atoms with E-state index in [0.717, 1.165) is 12.5 Å². The maximum atomic E-state index is 13.4. The number of aliphatic hydroxyl groups is 1. The van der Waals surface area contributed by atoms with Crippen molar-refractivity contribution in [1.82, 2.24) is 4.72 Å². The van der Waals surface area contributed by atoms with Crippen molar-refractivity contribution in [2.24, 2.45) is 0 Å². The summed E-state index contributed by atoms with van der Waals surface area (Å²) in [5.74, 6) is -0.785. The molecule has 0 spiro atoms. The summed E-state index contributed by atoms with van der Waals surface area (Å²) in [4.78, 5) is -0.375. The molecule has 0 amide bonds. The van der Waals surface area contributed by atoms with Crippen molar-refractivity contribution in [3.8, 4) is 0 Å². The molecule has 17 heavy (non-hydrogen) atoms. The highest BCUT2D eigenvalue weighted by molar-refractivity contribution is 7.89. The molecule has 94 valence electrons. The number of rotatable bonds is 4. The summed E-state index contributed by atoms with van der Waals surface area (Å²) in [5, 5.41) is 9.20. The van der Waals surface area contributed by atoms with E-state index in [9.17, 15) is 17.9 Å². The molecule has 1 aromatic carbocycles. The number of aliphatic hydroxyl groups excluding tert-OH is 1. The van der Waals surface area contributed by atoms with Crippen LogP contribution in [0.2, 0.25) is 0 Å². The fourth-order valence-electron chi connectivity index (χ4n) is 1.90. The second-order valence-corrected chi connectivity index (χ2v) is 5.98. The Morgan fingerprint density at radius 2 is 2.00 bits per heavy atom. The molecule has 0 radical (unpaired) electrons. The average Bonchev–Trinajstić information content (AvgIpc) is 2.24. The van der Waals surface area contributed by atoms with Gasteiger partial charge in [-0.3, -0.25) is 0 Å². The zero-order chi connectivity index (χ0) is 12.5. The first kappa shape index (κ1) is 12.5. The van der Waals surface area contributed by atoms with E-state index < -0.39 is 21.4 Å². The Morgan fingerprint density at radius 3 is 2.47 bits per heavy atom. The second-order valence-electron chi connectivity index (χ2n) is 4.33. The summed E-state index contributed by atoms with van der Waals surface area (Å²) in [7, 11) is -3.91. The lowest BCUT2D eigenvalue weighted by Gasteiger charge is -2.40. The van der Waals surface area contributed by atoms with Crippen molar-refractivity contribution in [3.63, 3.8) is 0 Å². The molecule has 0 atom stereocenters. The van der Waals surface area contributed by atoms with Crippen LogP contribution in [0.15, 0.2) is 29.2 Å². The lowest BCUT2D eigenvalue weighted by atomic mass is 9.78. The molecular weight excluding hydrogens is 245 g/mol. The summed E-state index contributed by atoms with van der Waals surface area (Å²) in [6.07, 6.45) is 2.02. The van der Waals surface area contributed by atoms with Crippen LogP contribution in [0.1, 0.15) is 19.3 Å². The summed E-state index contributed by atoms with van der Waals surface area (Å²) in [6.45, 7) is -0.263. The molecule has 1 aliphatic carbocycles. The summed E-state index contributed by atoms with van der Waals surface area (Å²) >= 11 is 0. The Hall–Kier alpha value is -0.980. The number of benzene rings is 1. The van der Waals surface area contributed by atoms with Gasteiger partial charge in [-0.25, -0.2) is 17.5 Å². The molecule has 2 N–H and O–H groups in total. The number of hydrogen-bond donors (Lipinski definition) is 2. The Balaban J connectivity index is 2.29. The van der Waals surface area contributed by atoms with Crippen LogP contribution >= 0.6 is 0 Å². The van der Waals surface area contributed by atoms with Gasteiger partial charge in [0, 0.05) is 0 Å². The Morgan fingerprint density at radius 1 is 1.35 bits per heavy atom. The van der Waals surface area contributed by atoms with E-state index >= 15 is 0 Å². The highest BCUT2D eigenvalue weighted by Gasteiger charge is 2.40. The van der Waals surface area contributed by atoms with Gasteiger partial charge in [-0.15, -0.1) is 0 Å². The molecule has 0 saturated heterocycles. The smallest absolute Gasteiger partial charge is 0.244 e. The highest BCUT2D eigenvalue weighted by Crippen LogP contribution is 2.33. The van der Waals surface area contributed by atoms with Crippen LogP contribution in [-0.2, 0) is 10.0 Å². The Labute approximate surface area is 99.5 Å². The van der Waals surface area contributed by atoms with Crippen LogP contribution in [0, 0.1) is 5.82 Å². The Bertz CT molecular complexity index is 506. The standard InChI is InChI=1S/C11H14FNO3S/c12-9-4-1-2-5-10(9)17(15,16)13-11(8-14)6-3-7-11/h1-2,4-5,13-14H,3,6-8H2. The van der Waals surface area contributed by atoms with E-state index in [-0.39, 0.29) is 11.5 Å². The van der Waals surface area contributed by atoms with Crippen molar-refractivity contribution < 1.29 is 17.9 Å². The molecule has 4 nitrogen and oxygen atoms in total. The molecule has 0 bridgehead atoms. The van der Waals surface area contributed by atoms with Crippen molar-refractivity contribution >= 4 is 10.0 Å². The van der Waals surface area contributed by atoms with E-state index in [1.807, 2.05) is 0 Å². The van der Waals surface area contributed by atoms with Gasteiger partial charge in [-0.1, -0.05) is 12.1 Å². The molecule has 1 fully saturated rings. The van der Waals surface area contributed by atoms with Gasteiger partial charge in [0.2, 0.25) is 10.0 Å². The quantitative estimate of drug-likeness (QED) is 0.848. The van der Waals surface area contributed by atoms with Crippen LogP contribution in [0.25, 0.3) is 0 Å². The first-order valence-electron chi connectivity index (χ1n) is 5.38. The molecule has 0 unspecified atom stereocenters. The summed E-state index contributed by atoms with van der Waals surface area (Å²) < 4.78 is 39.7. The van der Waals surface area contributed by atoms with Gasteiger partial charge >= 0.3 is 0 Å². The largest absolute Gasteiger partial charge is 0.394 e. The van der Waals surface area contributed by atoms with Crippen LogP contribution < -0.4 is 4.72 Å². The van der Waals surface area contributed by atoms with E-state index in [4.69, 9.17) is 0 Å². The predicted octanol–water partition coefficient (Wildman–Crippen LogP) is 1.02. The molecule has 0 heterocycles. The molecule has 0 aromatic heterocycles. The van der Waals surface area contributed by atoms with Gasteiger partial charge in [0.25, 0.3) is 0 Å². The fraction of sp³-hybridized carbons (Fsp3) is 0.455. The third-order valence-corrected chi connectivity index (χ3v) is 4.70. The fourth-order valence-corrected chi connectivity index (χ4v) is 3.43. The number of halogens is 1. The minimum Gasteiger partial charge on any atom is -0.394 e. The maximum Gasteiger partial charge on any atom is 0.244 e. The Kier molecular flexibility index (Phi) is 3.20. The first-order chi connectivity index (χ1) is 7.99. The normalized spacial score (nSPS) is 18.7. The van der Waals surface area contributed by atoms with Gasteiger partial charge in [-0.2, -0.15) is 0 Å². The maximum absolute atomic E-state index is 13.4. The number of sulfonamides is 1. The SMILES string of the molecule is O=S(=O)(NC1(CO)CCC1)c1ccccc1F. The monoisotopic (exact) mass is 259 g/mol. The average molecular weight is 259 g/mol. The van der Waals surface area contributed by atoms with Crippen LogP contribution in [0.3, 0.4) is 0 Å². The highest BCUT2D eigenvalue weighted by atomic mass is 32.2. The van der Waals surface area contributed by atoms with Crippen LogP contribution in [0.4, 0.5) is 4.39 Å². The van der Waals surface area contributed by atoms with Gasteiger partial charge < -0.3 is 5.11 Å². The second kappa shape index (κ2) is 4.36. The third-order valence-electron chi connectivity index (χ3n) is 3.09. The lowest BCUT2D eigenvalue weighted by molar-refractivity contribution is 0.110. The molecule has 0 aliphatic heterocycles. The van der Waals surface area contributed by atoms with Gasteiger partial charge in [-0.05, 0) is 31.4 Å². The van der Waals surface area contributed by atoms with E-state index in [2.05, 4.69) is 4.72 Å². The van der Waals surface area contributed by atoms with Gasteiger partial charge in [0.1, 0.15) is 10.7 Å².